The van der Waals surface area contributed by atoms with Gasteiger partial charge < -0.3 is 0 Å². The van der Waals surface area contributed by atoms with Crippen LogP contribution in [0.2, 0.25) is 6.04 Å². The van der Waals surface area contributed by atoms with Crippen LogP contribution in [0.3, 0.4) is 0 Å². The molecule has 0 saturated heterocycles. The third-order valence-electron chi connectivity index (χ3n) is 4.20. The van der Waals surface area contributed by atoms with Crippen LogP contribution in [0.5, 0.6) is 0 Å². The fourth-order valence-electron chi connectivity index (χ4n) is 2.62. The van der Waals surface area contributed by atoms with Crippen molar-refractivity contribution >= 4 is 79.2 Å². The average Bonchev–Trinajstić information content (AvgIpc) is 2.56. The van der Waals surface area contributed by atoms with Crippen LogP contribution < -0.4 is 0 Å². The van der Waals surface area contributed by atoms with Gasteiger partial charge in [0.15, 0.2) is 0 Å². The summed E-state index contributed by atoms with van der Waals surface area (Å²) < 4.78 is 0. The molecule has 0 spiro atoms. The molecule has 0 bridgehead atoms. The fraction of sp³-hybridized carbons (Fsp3) is 1.00. The Morgan fingerprint density at radius 2 is 0.929 bits per heavy atom. The standard InChI is InChI=1S/C12H26.C8H17Cl3Si.Cl3HSi/c1-3-5-7-9-11-12-10-8-6-4-2;1-8(2)6-4-3-5-7-12(9,10)11;1-4(2)3/h3-12H2,1-2H3;8H,3-7H2,1-2H3;4H. The second-order valence-corrected chi connectivity index (χ2v) is 23.4. The van der Waals surface area contributed by atoms with Crippen LogP contribution >= 0.6 is 66.5 Å². The van der Waals surface area contributed by atoms with Gasteiger partial charge >= 0.3 is 12.7 Å². The van der Waals surface area contributed by atoms with Gasteiger partial charge in [-0.25, -0.2) is 0 Å². The Kier molecular flexibility index (Phi) is 33.8. The Balaban J connectivity index is -0.000000375. The van der Waals surface area contributed by atoms with Crippen LogP contribution in [0, 0.1) is 5.92 Å². The molecule has 0 atom stereocenters. The number of hydrogen-bond acceptors (Lipinski definition) is 0. The molecule has 0 unspecified atom stereocenters. The van der Waals surface area contributed by atoms with E-state index in [1.165, 1.54) is 83.5 Å². The summed E-state index contributed by atoms with van der Waals surface area (Å²) in [5.74, 6) is 0.801. The zero-order valence-corrected chi connectivity index (χ0v) is 25.2. The van der Waals surface area contributed by atoms with E-state index >= 15 is 0 Å². The molecule has 0 aliphatic carbocycles. The van der Waals surface area contributed by atoms with Crippen molar-refractivity contribution in [2.24, 2.45) is 5.92 Å². The molecular weight excluding hydrogens is 509 g/mol. The third-order valence-corrected chi connectivity index (χ3v) is 6.82. The molecule has 0 aliphatic heterocycles. The van der Waals surface area contributed by atoms with E-state index in [0.29, 0.717) is 0 Å². The SMILES string of the molecule is CC(C)CCCCC[Si](Cl)(Cl)Cl.CCCCCCCCCCCC.Cl[SiH](Cl)Cl. The van der Waals surface area contributed by atoms with Gasteiger partial charge in [0.2, 0.25) is 0 Å². The van der Waals surface area contributed by atoms with Crippen molar-refractivity contribution in [3.63, 3.8) is 0 Å². The number of halogens is 6. The smallest absolute Gasteiger partial charge is 0.130 e. The zero-order chi connectivity index (χ0) is 22.3. The first kappa shape index (κ1) is 34.8. The Hall–Kier alpha value is 2.17. The summed E-state index contributed by atoms with van der Waals surface area (Å²) >= 11 is 32.1. The van der Waals surface area contributed by atoms with Gasteiger partial charge in [0.25, 0.3) is 0 Å². The van der Waals surface area contributed by atoms with Crippen LogP contribution in [0.15, 0.2) is 0 Å². The molecule has 0 amide bonds. The minimum Gasteiger partial charge on any atom is -0.130 e. The second-order valence-electron chi connectivity index (χ2n) is 7.68. The van der Waals surface area contributed by atoms with Gasteiger partial charge in [0.1, 0.15) is 0 Å². The molecular formula is C20H44Cl6Si2. The van der Waals surface area contributed by atoms with Crippen molar-refractivity contribution in [2.75, 3.05) is 0 Å². The van der Waals surface area contributed by atoms with E-state index in [1.54, 1.807) is 0 Å². The maximum atomic E-state index is 5.74. The van der Waals surface area contributed by atoms with Gasteiger partial charge in [-0.15, -0.1) is 66.5 Å². The maximum Gasteiger partial charge on any atom is 0.341 e. The summed E-state index contributed by atoms with van der Waals surface area (Å²) in [5, 5.41) is 0. The maximum absolute atomic E-state index is 5.74. The van der Waals surface area contributed by atoms with E-state index in [9.17, 15) is 0 Å². The van der Waals surface area contributed by atoms with Crippen molar-refractivity contribution in [1.29, 1.82) is 0 Å². The van der Waals surface area contributed by atoms with Crippen molar-refractivity contribution < 1.29 is 0 Å². The zero-order valence-electron chi connectivity index (χ0n) is 18.5. The fourth-order valence-corrected chi connectivity index (χ4v) is 4.47. The highest BCUT2D eigenvalue weighted by atomic mass is 35.8. The van der Waals surface area contributed by atoms with Crippen LogP contribution in [-0.2, 0) is 0 Å². The predicted molar refractivity (Wildman–Crippen MR) is 144 cm³/mol. The molecule has 28 heavy (non-hydrogen) atoms. The molecule has 0 N–H and O–H groups in total. The minimum absolute atomic E-state index is 0.801. The largest absolute Gasteiger partial charge is 0.341 e. The van der Waals surface area contributed by atoms with Gasteiger partial charge in [-0.2, -0.15) is 0 Å². The van der Waals surface area contributed by atoms with Crippen molar-refractivity contribution in [2.45, 2.75) is 124 Å². The lowest BCUT2D eigenvalue weighted by molar-refractivity contribution is 0.534. The monoisotopic (exact) mass is 550 g/mol. The minimum atomic E-state index is -2.32. The Labute approximate surface area is 207 Å². The number of hydrogen-bond donors (Lipinski definition) is 0. The van der Waals surface area contributed by atoms with E-state index in [4.69, 9.17) is 66.5 Å². The normalized spacial score (nSPS) is 11.1. The lowest BCUT2D eigenvalue weighted by atomic mass is 10.1. The van der Waals surface area contributed by atoms with Crippen molar-refractivity contribution in [1.82, 2.24) is 0 Å². The average molecular weight is 553 g/mol. The van der Waals surface area contributed by atoms with Crippen molar-refractivity contribution in [3.05, 3.63) is 0 Å². The summed E-state index contributed by atoms with van der Waals surface area (Å²) in [5.41, 5.74) is 0. The molecule has 0 fully saturated rings. The first-order valence-electron chi connectivity index (χ1n) is 11.1. The van der Waals surface area contributed by atoms with Gasteiger partial charge in [-0.05, 0) is 12.0 Å². The quantitative estimate of drug-likeness (QED) is 0.108. The molecule has 0 radical (unpaired) electrons. The summed E-state index contributed by atoms with van der Waals surface area (Å²) in [6.45, 7) is 7.32. The first-order valence-corrected chi connectivity index (χ1v) is 21.5. The molecule has 174 valence electrons. The van der Waals surface area contributed by atoms with Gasteiger partial charge in [-0.1, -0.05) is 118 Å². The number of rotatable bonds is 15. The van der Waals surface area contributed by atoms with Crippen LogP contribution in [0.25, 0.3) is 0 Å². The Morgan fingerprint density at radius 1 is 0.607 bits per heavy atom. The Bertz CT molecular complexity index is 261. The predicted octanol–water partition coefficient (Wildman–Crippen LogP) is 11.2. The summed E-state index contributed by atoms with van der Waals surface area (Å²) in [6.07, 6.45) is 19.3. The van der Waals surface area contributed by atoms with Crippen LogP contribution in [0.1, 0.15) is 118 Å². The highest BCUT2D eigenvalue weighted by Gasteiger charge is 2.23. The highest BCUT2D eigenvalue weighted by molar-refractivity contribution is 7.64. The van der Waals surface area contributed by atoms with Gasteiger partial charge in [0.05, 0.1) is 0 Å². The highest BCUT2D eigenvalue weighted by Crippen LogP contribution is 2.27. The lowest BCUT2D eigenvalue weighted by Gasteiger charge is -2.07. The van der Waals surface area contributed by atoms with E-state index < -0.39 is 12.7 Å². The van der Waals surface area contributed by atoms with E-state index in [-0.39, 0.29) is 0 Å². The molecule has 0 aliphatic rings. The number of unbranched alkanes of at least 4 members (excludes halogenated alkanes) is 11. The summed E-state index contributed by atoms with van der Waals surface area (Å²) in [6, 6.07) is -1.50. The summed E-state index contributed by atoms with van der Waals surface area (Å²) in [7, 11) is 0. The first-order chi connectivity index (χ1) is 13.1. The molecule has 0 aromatic carbocycles. The van der Waals surface area contributed by atoms with E-state index in [1.807, 2.05) is 0 Å². The Morgan fingerprint density at radius 3 is 1.21 bits per heavy atom. The van der Waals surface area contributed by atoms with Crippen molar-refractivity contribution in [3.8, 4) is 0 Å². The molecule has 0 aromatic heterocycles. The molecule has 0 nitrogen and oxygen atoms in total. The van der Waals surface area contributed by atoms with Gasteiger partial charge in [-0.3, -0.25) is 0 Å². The second kappa shape index (κ2) is 27.2. The molecule has 8 heteroatoms. The third kappa shape index (κ3) is 51.1. The molecule has 0 heterocycles. The molecule has 0 aromatic rings. The lowest BCUT2D eigenvalue weighted by Crippen LogP contribution is -2.07. The molecule has 0 saturated carbocycles. The van der Waals surface area contributed by atoms with E-state index in [2.05, 4.69) is 27.7 Å². The van der Waals surface area contributed by atoms with E-state index in [0.717, 1.165) is 18.4 Å². The van der Waals surface area contributed by atoms with Gasteiger partial charge in [0, 0.05) is 0 Å². The van der Waals surface area contributed by atoms with Crippen LogP contribution in [0.4, 0.5) is 0 Å². The van der Waals surface area contributed by atoms with Crippen LogP contribution in [-0.4, -0.2) is 12.7 Å². The topological polar surface area (TPSA) is 0 Å². The molecule has 0 rings (SSSR count). The summed E-state index contributed by atoms with van der Waals surface area (Å²) in [4.78, 5) is 0.